The summed E-state index contributed by atoms with van der Waals surface area (Å²) in [5, 5.41) is 0. The van der Waals surface area contributed by atoms with E-state index in [0.29, 0.717) is 6.61 Å². The first-order valence-corrected chi connectivity index (χ1v) is 6.08. The van der Waals surface area contributed by atoms with E-state index >= 15 is 0 Å². The number of hydrogen-bond acceptors (Lipinski definition) is 3. The lowest BCUT2D eigenvalue weighted by Gasteiger charge is -2.09. The molecular formula is C12H12ClNOS. The van der Waals surface area contributed by atoms with Crippen LogP contribution in [-0.2, 0) is 6.61 Å². The van der Waals surface area contributed by atoms with Crippen molar-refractivity contribution in [2.45, 2.75) is 13.5 Å². The van der Waals surface area contributed by atoms with Crippen LogP contribution in [0.4, 0.5) is 5.69 Å². The molecule has 2 aromatic rings. The van der Waals surface area contributed by atoms with Crippen molar-refractivity contribution < 1.29 is 4.74 Å². The maximum absolute atomic E-state index is 5.84. The average molecular weight is 254 g/mol. The molecule has 16 heavy (non-hydrogen) atoms. The van der Waals surface area contributed by atoms with Gasteiger partial charge in [0.1, 0.15) is 12.4 Å². The van der Waals surface area contributed by atoms with Crippen molar-refractivity contribution in [3.63, 3.8) is 0 Å². The molecule has 1 aromatic heterocycles. The maximum Gasteiger partial charge on any atom is 0.124 e. The van der Waals surface area contributed by atoms with Crippen LogP contribution < -0.4 is 10.5 Å². The summed E-state index contributed by atoms with van der Waals surface area (Å²) in [4.78, 5) is 1.10. The molecule has 0 aliphatic heterocycles. The van der Waals surface area contributed by atoms with E-state index in [1.165, 1.54) is 11.3 Å². The van der Waals surface area contributed by atoms with Gasteiger partial charge in [0.15, 0.2) is 0 Å². The van der Waals surface area contributed by atoms with Crippen LogP contribution in [0.1, 0.15) is 10.4 Å². The summed E-state index contributed by atoms with van der Waals surface area (Å²) in [6.45, 7) is 2.48. The summed E-state index contributed by atoms with van der Waals surface area (Å²) in [5.41, 5.74) is 7.52. The van der Waals surface area contributed by atoms with Gasteiger partial charge in [-0.2, -0.15) is 0 Å². The van der Waals surface area contributed by atoms with E-state index < -0.39 is 0 Å². The second-order valence-corrected chi connectivity index (χ2v) is 5.26. The van der Waals surface area contributed by atoms with Crippen molar-refractivity contribution in [2.75, 3.05) is 5.73 Å². The van der Waals surface area contributed by atoms with Gasteiger partial charge in [-0.05, 0) is 31.2 Å². The molecule has 4 heteroatoms. The first-order chi connectivity index (χ1) is 7.66. The first kappa shape index (κ1) is 11.3. The Balaban J connectivity index is 2.07. The number of nitrogens with two attached hydrogens (primary N) is 1. The second-order valence-electron chi connectivity index (χ2n) is 3.46. The summed E-state index contributed by atoms with van der Waals surface area (Å²) < 4.78 is 6.47. The highest BCUT2D eigenvalue weighted by Gasteiger charge is 2.03. The van der Waals surface area contributed by atoms with Crippen LogP contribution in [0.25, 0.3) is 0 Å². The van der Waals surface area contributed by atoms with E-state index in [9.17, 15) is 0 Å². The zero-order valence-electron chi connectivity index (χ0n) is 8.87. The van der Waals surface area contributed by atoms with Crippen molar-refractivity contribution >= 4 is 28.6 Å². The Morgan fingerprint density at radius 2 is 2.12 bits per heavy atom. The van der Waals surface area contributed by atoms with Gasteiger partial charge in [-0.3, -0.25) is 0 Å². The zero-order valence-corrected chi connectivity index (χ0v) is 10.4. The predicted octanol–water partition coefficient (Wildman–Crippen LogP) is 3.87. The number of thiophene rings is 1. The van der Waals surface area contributed by atoms with E-state index in [1.807, 2.05) is 37.3 Å². The van der Waals surface area contributed by atoms with Crippen molar-refractivity contribution in [3.05, 3.63) is 45.1 Å². The molecule has 1 heterocycles. The fourth-order valence-electron chi connectivity index (χ4n) is 1.37. The summed E-state index contributed by atoms with van der Waals surface area (Å²) in [6, 6.07) is 9.51. The Morgan fingerprint density at radius 1 is 1.31 bits per heavy atom. The van der Waals surface area contributed by atoms with Gasteiger partial charge < -0.3 is 10.5 Å². The van der Waals surface area contributed by atoms with Crippen molar-refractivity contribution in [1.82, 2.24) is 0 Å². The van der Waals surface area contributed by atoms with Gasteiger partial charge in [0, 0.05) is 16.1 Å². The van der Waals surface area contributed by atoms with Gasteiger partial charge in [-0.25, -0.2) is 0 Å². The lowest BCUT2D eigenvalue weighted by atomic mass is 10.2. The molecule has 2 N–H and O–H groups in total. The second kappa shape index (κ2) is 4.76. The molecule has 0 bridgehead atoms. The highest BCUT2D eigenvalue weighted by Crippen LogP contribution is 2.26. The third-order valence-corrected chi connectivity index (χ3v) is 3.53. The van der Waals surface area contributed by atoms with Crippen LogP contribution in [0.2, 0.25) is 4.34 Å². The van der Waals surface area contributed by atoms with Gasteiger partial charge in [-0.15, -0.1) is 11.3 Å². The summed E-state index contributed by atoms with van der Waals surface area (Å²) in [5.74, 6) is 0.824. The molecule has 0 aliphatic carbocycles. The third kappa shape index (κ3) is 2.49. The van der Waals surface area contributed by atoms with Crippen molar-refractivity contribution in [2.24, 2.45) is 0 Å². The molecule has 0 fully saturated rings. The third-order valence-electron chi connectivity index (χ3n) is 2.32. The molecule has 0 spiro atoms. The summed E-state index contributed by atoms with van der Waals surface area (Å²) >= 11 is 7.37. The molecule has 84 valence electrons. The SMILES string of the molecule is Cc1c(N)cccc1OCc1ccc(Cl)s1. The van der Waals surface area contributed by atoms with E-state index in [4.69, 9.17) is 22.1 Å². The standard InChI is InChI=1S/C12H12ClNOS/c1-8-10(14)3-2-4-11(8)15-7-9-5-6-12(13)16-9/h2-6H,7,14H2,1H3. The number of benzene rings is 1. The highest BCUT2D eigenvalue weighted by atomic mass is 35.5. The fourth-order valence-corrected chi connectivity index (χ4v) is 2.37. The van der Waals surface area contributed by atoms with E-state index in [2.05, 4.69) is 0 Å². The lowest BCUT2D eigenvalue weighted by molar-refractivity contribution is 0.308. The van der Waals surface area contributed by atoms with Gasteiger partial charge in [0.2, 0.25) is 0 Å². The molecule has 2 nitrogen and oxygen atoms in total. The van der Waals surface area contributed by atoms with Crippen LogP contribution in [0, 0.1) is 6.92 Å². The first-order valence-electron chi connectivity index (χ1n) is 4.89. The average Bonchev–Trinajstić information content (AvgIpc) is 2.67. The summed E-state index contributed by atoms with van der Waals surface area (Å²) in [7, 11) is 0. The predicted molar refractivity (Wildman–Crippen MR) is 69.3 cm³/mol. The number of halogens is 1. The van der Waals surface area contributed by atoms with E-state index in [0.717, 1.165) is 26.2 Å². The Labute approximate surface area is 104 Å². The van der Waals surface area contributed by atoms with Crippen LogP contribution in [0.15, 0.2) is 30.3 Å². The molecular weight excluding hydrogens is 242 g/mol. The van der Waals surface area contributed by atoms with Gasteiger partial charge in [0.05, 0.1) is 4.34 Å². The number of rotatable bonds is 3. The quantitative estimate of drug-likeness (QED) is 0.843. The molecule has 0 atom stereocenters. The molecule has 0 aliphatic rings. The van der Waals surface area contributed by atoms with E-state index in [-0.39, 0.29) is 0 Å². The Morgan fingerprint density at radius 3 is 2.81 bits per heavy atom. The Kier molecular flexibility index (Phi) is 3.36. The van der Waals surface area contributed by atoms with Gasteiger partial charge >= 0.3 is 0 Å². The fraction of sp³-hybridized carbons (Fsp3) is 0.167. The minimum Gasteiger partial charge on any atom is -0.488 e. The van der Waals surface area contributed by atoms with Crippen molar-refractivity contribution in [3.8, 4) is 5.75 Å². The number of hydrogen-bond donors (Lipinski definition) is 1. The minimum absolute atomic E-state index is 0.529. The number of nitrogen functional groups attached to an aromatic ring is 1. The molecule has 2 rings (SSSR count). The van der Waals surface area contributed by atoms with Crippen LogP contribution in [0.3, 0.4) is 0 Å². The van der Waals surface area contributed by atoms with E-state index in [1.54, 1.807) is 0 Å². The monoisotopic (exact) mass is 253 g/mol. The van der Waals surface area contributed by atoms with Gasteiger partial charge in [0.25, 0.3) is 0 Å². The number of ether oxygens (including phenoxy) is 1. The maximum atomic E-state index is 5.84. The molecule has 0 saturated carbocycles. The van der Waals surface area contributed by atoms with Crippen LogP contribution in [-0.4, -0.2) is 0 Å². The molecule has 1 aromatic carbocycles. The zero-order chi connectivity index (χ0) is 11.5. The minimum atomic E-state index is 0.529. The Hall–Kier alpha value is -1.19. The topological polar surface area (TPSA) is 35.2 Å². The smallest absolute Gasteiger partial charge is 0.124 e. The van der Waals surface area contributed by atoms with Crippen LogP contribution >= 0.6 is 22.9 Å². The number of anilines is 1. The molecule has 0 amide bonds. The lowest BCUT2D eigenvalue weighted by Crippen LogP contribution is -1.97. The molecule has 0 unspecified atom stereocenters. The van der Waals surface area contributed by atoms with Gasteiger partial charge in [-0.1, -0.05) is 17.7 Å². The Bertz CT molecular complexity index is 496. The largest absolute Gasteiger partial charge is 0.488 e. The van der Waals surface area contributed by atoms with Crippen molar-refractivity contribution in [1.29, 1.82) is 0 Å². The molecule has 0 saturated heterocycles. The highest BCUT2D eigenvalue weighted by molar-refractivity contribution is 7.16. The summed E-state index contributed by atoms with van der Waals surface area (Å²) in [6.07, 6.45) is 0. The van der Waals surface area contributed by atoms with Crippen LogP contribution in [0.5, 0.6) is 5.75 Å². The normalized spacial score (nSPS) is 10.4. The molecule has 0 radical (unpaired) electrons.